The normalized spacial score (nSPS) is 17.0. The number of nitrogens with zero attached hydrogens (tertiary/aromatic N) is 3. The monoisotopic (exact) mass is 360 g/mol. The second-order valence-electron chi connectivity index (χ2n) is 5.60. The predicted octanol–water partition coefficient (Wildman–Crippen LogP) is 3.90. The Labute approximate surface area is 153 Å². The van der Waals surface area contributed by atoms with E-state index in [1.54, 1.807) is 37.3 Å². The molecule has 4 rings (SSSR count). The standard InChI is InChI=1S/C19H12N4O2S/c1-11-21-15-7-4-13(8-16(15)25-11)9-17-18(24)23-19(26-17)22-14-5-2-12(10-20)3-6-14/h2-9H,1H3,(H,22,23,24). The van der Waals surface area contributed by atoms with Crippen LogP contribution in [0.1, 0.15) is 17.0 Å². The van der Waals surface area contributed by atoms with E-state index < -0.39 is 0 Å². The number of aromatic nitrogens is 1. The molecular formula is C19H12N4O2S. The van der Waals surface area contributed by atoms with Gasteiger partial charge in [0, 0.05) is 6.92 Å². The van der Waals surface area contributed by atoms with Gasteiger partial charge in [0.05, 0.1) is 22.2 Å². The maximum Gasteiger partial charge on any atom is 0.264 e. The Hall–Kier alpha value is -3.37. The minimum atomic E-state index is -0.198. The maximum absolute atomic E-state index is 12.2. The highest BCUT2D eigenvalue weighted by atomic mass is 32.2. The summed E-state index contributed by atoms with van der Waals surface area (Å²) in [7, 11) is 0. The topological polar surface area (TPSA) is 91.3 Å². The number of benzene rings is 2. The summed E-state index contributed by atoms with van der Waals surface area (Å²) >= 11 is 1.27. The molecule has 1 amide bonds. The lowest BCUT2D eigenvalue weighted by atomic mass is 10.2. The third-order valence-corrected chi connectivity index (χ3v) is 4.60. The Balaban J connectivity index is 1.58. The highest BCUT2D eigenvalue weighted by Gasteiger charge is 2.23. The molecular weight excluding hydrogens is 348 g/mol. The van der Waals surface area contributed by atoms with Crippen LogP contribution >= 0.6 is 11.8 Å². The number of aryl methyl sites for hydroxylation is 1. The van der Waals surface area contributed by atoms with Gasteiger partial charge in [0.25, 0.3) is 5.91 Å². The highest BCUT2D eigenvalue weighted by molar-refractivity contribution is 8.18. The third-order valence-electron chi connectivity index (χ3n) is 3.70. The number of nitrogens with one attached hydrogen (secondary N) is 1. The number of hydrogen-bond donors (Lipinski definition) is 1. The van der Waals surface area contributed by atoms with Crippen molar-refractivity contribution in [1.82, 2.24) is 10.3 Å². The first-order chi connectivity index (χ1) is 12.6. The average Bonchev–Trinajstić information content (AvgIpc) is 3.16. The van der Waals surface area contributed by atoms with Crippen LogP contribution in [0.3, 0.4) is 0 Å². The molecule has 0 spiro atoms. The molecule has 2 heterocycles. The first-order valence-corrected chi connectivity index (χ1v) is 8.59. The average molecular weight is 360 g/mol. The van der Waals surface area contributed by atoms with E-state index in [1.807, 2.05) is 18.2 Å². The van der Waals surface area contributed by atoms with Gasteiger partial charge in [-0.3, -0.25) is 4.79 Å². The van der Waals surface area contributed by atoms with E-state index >= 15 is 0 Å². The summed E-state index contributed by atoms with van der Waals surface area (Å²) in [5.41, 5.74) is 3.57. The number of fused-ring (bicyclic) bond motifs is 1. The smallest absolute Gasteiger partial charge is 0.264 e. The number of amidine groups is 1. The number of aliphatic imine (C=N–C) groups is 1. The van der Waals surface area contributed by atoms with Crippen molar-refractivity contribution < 1.29 is 9.21 Å². The summed E-state index contributed by atoms with van der Waals surface area (Å²) in [5.74, 6) is 0.408. The van der Waals surface area contributed by atoms with Crippen LogP contribution in [0.5, 0.6) is 0 Å². The van der Waals surface area contributed by atoms with Crippen LogP contribution in [0.15, 0.2) is 56.8 Å². The number of carbonyl (C=O) groups excluding carboxylic acids is 1. The molecule has 126 valence electrons. The summed E-state index contributed by atoms with van der Waals surface area (Å²) in [5, 5.41) is 12.1. The summed E-state index contributed by atoms with van der Waals surface area (Å²) in [6.07, 6.45) is 1.79. The second-order valence-corrected chi connectivity index (χ2v) is 6.63. The fraction of sp³-hybridized carbons (Fsp3) is 0.0526. The highest BCUT2D eigenvalue weighted by Crippen LogP contribution is 2.29. The zero-order chi connectivity index (χ0) is 18.1. The molecule has 3 aromatic rings. The fourth-order valence-corrected chi connectivity index (χ4v) is 3.35. The van der Waals surface area contributed by atoms with Gasteiger partial charge < -0.3 is 9.73 Å². The van der Waals surface area contributed by atoms with Crippen LogP contribution in [0.4, 0.5) is 5.69 Å². The number of nitriles is 1. The van der Waals surface area contributed by atoms with Crippen molar-refractivity contribution in [2.24, 2.45) is 4.99 Å². The third kappa shape index (κ3) is 3.23. The van der Waals surface area contributed by atoms with Crippen molar-refractivity contribution in [2.75, 3.05) is 0 Å². The number of amides is 1. The lowest BCUT2D eigenvalue weighted by Crippen LogP contribution is -2.19. The molecule has 6 nitrogen and oxygen atoms in total. The van der Waals surface area contributed by atoms with E-state index in [9.17, 15) is 4.79 Å². The zero-order valence-electron chi connectivity index (χ0n) is 13.7. The van der Waals surface area contributed by atoms with Gasteiger partial charge in [0.1, 0.15) is 5.52 Å². The lowest BCUT2D eigenvalue weighted by molar-refractivity contribution is -0.115. The molecule has 1 aromatic heterocycles. The van der Waals surface area contributed by atoms with Crippen molar-refractivity contribution in [2.45, 2.75) is 6.92 Å². The predicted molar refractivity (Wildman–Crippen MR) is 101 cm³/mol. The number of thioether (sulfide) groups is 1. The summed E-state index contributed by atoms with van der Waals surface area (Å²) in [6.45, 7) is 1.80. The Kier molecular flexibility index (Phi) is 4.03. The molecule has 2 aromatic carbocycles. The van der Waals surface area contributed by atoms with E-state index in [0.717, 1.165) is 11.1 Å². The molecule has 0 aliphatic carbocycles. The van der Waals surface area contributed by atoms with Crippen LogP contribution in [0.25, 0.3) is 17.2 Å². The molecule has 0 radical (unpaired) electrons. The van der Waals surface area contributed by atoms with Gasteiger partial charge in [0.15, 0.2) is 16.6 Å². The Morgan fingerprint density at radius 3 is 2.85 bits per heavy atom. The molecule has 1 aliphatic rings. The zero-order valence-corrected chi connectivity index (χ0v) is 14.5. The van der Waals surface area contributed by atoms with Gasteiger partial charge in [-0.1, -0.05) is 6.07 Å². The van der Waals surface area contributed by atoms with Gasteiger partial charge in [-0.15, -0.1) is 0 Å². The first kappa shape index (κ1) is 16.1. The molecule has 1 N–H and O–H groups in total. The van der Waals surface area contributed by atoms with E-state index in [1.165, 1.54) is 11.8 Å². The van der Waals surface area contributed by atoms with Gasteiger partial charge in [-0.2, -0.15) is 5.26 Å². The summed E-state index contributed by atoms with van der Waals surface area (Å²) < 4.78 is 5.52. The fourth-order valence-electron chi connectivity index (χ4n) is 2.51. The molecule has 0 saturated carbocycles. The quantitative estimate of drug-likeness (QED) is 0.700. The van der Waals surface area contributed by atoms with E-state index in [2.05, 4.69) is 21.4 Å². The van der Waals surface area contributed by atoms with Gasteiger partial charge >= 0.3 is 0 Å². The lowest BCUT2D eigenvalue weighted by Gasteiger charge is -1.96. The van der Waals surface area contributed by atoms with Crippen LogP contribution in [0.2, 0.25) is 0 Å². The molecule has 1 aliphatic heterocycles. The number of rotatable bonds is 2. The molecule has 0 unspecified atom stereocenters. The molecule has 0 bridgehead atoms. The van der Waals surface area contributed by atoms with E-state index in [4.69, 9.17) is 9.68 Å². The van der Waals surface area contributed by atoms with Gasteiger partial charge in [-0.05, 0) is 59.8 Å². The van der Waals surface area contributed by atoms with Crippen molar-refractivity contribution in [1.29, 1.82) is 5.26 Å². The largest absolute Gasteiger partial charge is 0.441 e. The first-order valence-electron chi connectivity index (χ1n) is 7.78. The van der Waals surface area contributed by atoms with Gasteiger partial charge in [0.2, 0.25) is 0 Å². The Morgan fingerprint density at radius 1 is 1.27 bits per heavy atom. The number of oxazole rings is 1. The van der Waals surface area contributed by atoms with Crippen molar-refractivity contribution >= 4 is 45.7 Å². The second kappa shape index (κ2) is 6.50. The number of hydrogen-bond acceptors (Lipinski definition) is 6. The van der Waals surface area contributed by atoms with E-state index in [-0.39, 0.29) is 5.91 Å². The van der Waals surface area contributed by atoms with E-state index in [0.29, 0.717) is 32.8 Å². The van der Waals surface area contributed by atoms with Crippen molar-refractivity contribution in [3.63, 3.8) is 0 Å². The maximum atomic E-state index is 12.2. The molecule has 7 heteroatoms. The minimum absolute atomic E-state index is 0.198. The molecule has 1 saturated heterocycles. The van der Waals surface area contributed by atoms with Crippen molar-refractivity contribution in [3.05, 3.63) is 64.4 Å². The van der Waals surface area contributed by atoms with Crippen LogP contribution in [-0.2, 0) is 4.79 Å². The van der Waals surface area contributed by atoms with Gasteiger partial charge in [-0.25, -0.2) is 9.98 Å². The minimum Gasteiger partial charge on any atom is -0.441 e. The summed E-state index contributed by atoms with van der Waals surface area (Å²) in [4.78, 5) is 21.4. The molecule has 26 heavy (non-hydrogen) atoms. The van der Waals surface area contributed by atoms with Crippen LogP contribution in [-0.4, -0.2) is 16.1 Å². The Bertz CT molecular complexity index is 1120. The van der Waals surface area contributed by atoms with Crippen LogP contribution < -0.4 is 5.32 Å². The molecule has 0 atom stereocenters. The molecule has 1 fully saturated rings. The van der Waals surface area contributed by atoms with Crippen molar-refractivity contribution in [3.8, 4) is 6.07 Å². The SMILES string of the molecule is Cc1nc2ccc(C=C3SC(=Nc4ccc(C#N)cc4)NC3=O)cc2o1. The Morgan fingerprint density at radius 2 is 2.08 bits per heavy atom. The summed E-state index contributed by atoms with van der Waals surface area (Å²) in [6, 6.07) is 14.5. The number of carbonyl (C=O) groups is 1. The van der Waals surface area contributed by atoms with Crippen LogP contribution in [0, 0.1) is 18.3 Å².